The fraction of sp³-hybridized carbons (Fsp3) is 0.409. The van der Waals surface area contributed by atoms with Crippen molar-refractivity contribution in [2.75, 3.05) is 6.61 Å². The van der Waals surface area contributed by atoms with Crippen molar-refractivity contribution in [3.63, 3.8) is 0 Å². The van der Waals surface area contributed by atoms with Crippen molar-refractivity contribution in [2.24, 2.45) is 5.92 Å². The van der Waals surface area contributed by atoms with Gasteiger partial charge in [0.25, 0.3) is 5.91 Å². The highest BCUT2D eigenvalue weighted by Gasteiger charge is 2.23. The summed E-state index contributed by atoms with van der Waals surface area (Å²) in [5.41, 5.74) is 2.86. The second-order valence-corrected chi connectivity index (χ2v) is 7.56. The highest BCUT2D eigenvalue weighted by molar-refractivity contribution is 6.10. The molecule has 3 rings (SSSR count). The number of amides is 2. The van der Waals surface area contributed by atoms with E-state index in [1.54, 1.807) is 13.0 Å². The minimum Gasteiger partial charge on any atom is -0.394 e. The summed E-state index contributed by atoms with van der Waals surface area (Å²) in [6, 6.07) is 8.54. The molecule has 154 valence electrons. The minimum absolute atomic E-state index is 0.139. The van der Waals surface area contributed by atoms with E-state index in [2.05, 4.69) is 20.6 Å². The van der Waals surface area contributed by atoms with E-state index in [1.165, 1.54) is 0 Å². The summed E-state index contributed by atoms with van der Waals surface area (Å²) in [4.78, 5) is 32.9. The first-order valence-corrected chi connectivity index (χ1v) is 9.95. The van der Waals surface area contributed by atoms with E-state index in [1.807, 2.05) is 45.0 Å². The summed E-state index contributed by atoms with van der Waals surface area (Å²) in [7, 11) is 0. The molecule has 3 aromatic rings. The lowest BCUT2D eigenvalue weighted by atomic mass is 9.99. The minimum atomic E-state index is -0.749. The molecule has 7 heteroatoms. The van der Waals surface area contributed by atoms with Crippen LogP contribution in [-0.2, 0) is 4.79 Å². The van der Waals surface area contributed by atoms with Gasteiger partial charge < -0.3 is 20.7 Å². The van der Waals surface area contributed by atoms with Crippen molar-refractivity contribution in [2.45, 2.75) is 46.2 Å². The lowest BCUT2D eigenvalue weighted by Gasteiger charge is -2.24. The SMILES string of the molecule is CCC(C)[C@@H](CO)NC(=O)[C@H](C)NC(=O)c1cc2c([nH]c3ccccc32)c(C)n1. The molecule has 0 aliphatic carbocycles. The van der Waals surface area contributed by atoms with Crippen LogP contribution in [0.4, 0.5) is 0 Å². The number of rotatable bonds is 7. The molecular formula is C22H28N4O3. The number of aryl methyl sites for hydroxylation is 1. The monoisotopic (exact) mass is 396 g/mol. The Bertz CT molecular complexity index is 1040. The standard InChI is InChI=1S/C22H28N4O3/c1-5-12(2)19(11-27)26-21(28)14(4)24-22(29)18-10-16-15-8-6-7-9-17(15)25-20(16)13(3)23-18/h6-10,12,14,19,25,27H,5,11H2,1-4H3,(H,24,29)(H,26,28)/t12?,14-,19+/m0/s1. The van der Waals surface area contributed by atoms with Gasteiger partial charge >= 0.3 is 0 Å². The molecule has 0 aliphatic heterocycles. The van der Waals surface area contributed by atoms with Crippen molar-refractivity contribution in [1.82, 2.24) is 20.6 Å². The van der Waals surface area contributed by atoms with Gasteiger partial charge in [0.2, 0.25) is 5.91 Å². The van der Waals surface area contributed by atoms with Gasteiger partial charge in [0, 0.05) is 16.3 Å². The predicted molar refractivity (Wildman–Crippen MR) is 114 cm³/mol. The first-order chi connectivity index (χ1) is 13.8. The number of nitrogens with zero attached hydrogens (tertiary/aromatic N) is 1. The van der Waals surface area contributed by atoms with Crippen molar-refractivity contribution in [3.8, 4) is 0 Å². The van der Waals surface area contributed by atoms with Crippen LogP contribution in [0.2, 0.25) is 0 Å². The molecule has 3 atom stereocenters. The molecule has 7 nitrogen and oxygen atoms in total. The van der Waals surface area contributed by atoms with Crippen molar-refractivity contribution in [1.29, 1.82) is 0 Å². The zero-order chi connectivity index (χ0) is 21.1. The molecule has 0 aliphatic rings. The summed E-state index contributed by atoms with van der Waals surface area (Å²) in [5.74, 6) is -0.602. The Labute approximate surface area is 169 Å². The Balaban J connectivity index is 1.78. The number of carbonyl (C=O) groups excluding carboxylic acids is 2. The van der Waals surface area contributed by atoms with Gasteiger partial charge in [0.1, 0.15) is 11.7 Å². The second-order valence-electron chi connectivity index (χ2n) is 7.56. The summed E-state index contributed by atoms with van der Waals surface area (Å²) in [6.07, 6.45) is 0.833. The fourth-order valence-corrected chi connectivity index (χ4v) is 3.42. The number of H-pyrrole nitrogens is 1. The first kappa shape index (κ1) is 20.8. The number of para-hydroxylation sites is 1. The van der Waals surface area contributed by atoms with Gasteiger partial charge in [-0.25, -0.2) is 4.98 Å². The third-order valence-electron chi connectivity index (χ3n) is 5.51. The highest BCUT2D eigenvalue weighted by atomic mass is 16.3. The van der Waals surface area contributed by atoms with Crippen LogP contribution in [0.15, 0.2) is 30.3 Å². The molecular weight excluding hydrogens is 368 g/mol. The number of benzene rings is 1. The number of aliphatic hydroxyl groups excluding tert-OH is 1. The maximum Gasteiger partial charge on any atom is 0.270 e. The number of hydrogen-bond donors (Lipinski definition) is 4. The second kappa shape index (κ2) is 8.61. The molecule has 29 heavy (non-hydrogen) atoms. The fourth-order valence-electron chi connectivity index (χ4n) is 3.42. The first-order valence-electron chi connectivity index (χ1n) is 9.95. The molecule has 2 amide bonds. The van der Waals surface area contributed by atoms with Crippen LogP contribution in [0.5, 0.6) is 0 Å². The van der Waals surface area contributed by atoms with E-state index in [0.717, 1.165) is 33.9 Å². The van der Waals surface area contributed by atoms with Crippen molar-refractivity contribution in [3.05, 3.63) is 41.7 Å². The molecule has 0 spiro atoms. The van der Waals surface area contributed by atoms with Crippen LogP contribution < -0.4 is 10.6 Å². The van der Waals surface area contributed by atoms with Gasteiger partial charge in [-0.2, -0.15) is 0 Å². The molecule has 0 bridgehead atoms. The maximum absolute atomic E-state index is 12.7. The molecule has 2 heterocycles. The Morgan fingerprint density at radius 2 is 1.90 bits per heavy atom. The summed E-state index contributed by atoms with van der Waals surface area (Å²) in [5, 5.41) is 17.0. The van der Waals surface area contributed by atoms with Gasteiger partial charge in [0.15, 0.2) is 0 Å². The number of nitrogens with one attached hydrogen (secondary N) is 3. The molecule has 0 radical (unpaired) electrons. The third-order valence-corrected chi connectivity index (χ3v) is 5.51. The van der Waals surface area contributed by atoms with E-state index in [-0.39, 0.29) is 30.2 Å². The van der Waals surface area contributed by atoms with Gasteiger partial charge in [-0.05, 0) is 31.9 Å². The van der Waals surface area contributed by atoms with Crippen molar-refractivity contribution >= 4 is 33.6 Å². The Morgan fingerprint density at radius 1 is 1.17 bits per heavy atom. The Kier molecular flexibility index (Phi) is 6.17. The zero-order valence-corrected chi connectivity index (χ0v) is 17.2. The van der Waals surface area contributed by atoms with E-state index < -0.39 is 11.9 Å². The largest absolute Gasteiger partial charge is 0.394 e. The summed E-state index contributed by atoms with van der Waals surface area (Å²) < 4.78 is 0. The number of aromatic amines is 1. The maximum atomic E-state index is 12.7. The Morgan fingerprint density at radius 3 is 2.59 bits per heavy atom. The van der Waals surface area contributed by atoms with E-state index in [9.17, 15) is 14.7 Å². The van der Waals surface area contributed by atoms with Crippen LogP contribution in [0.3, 0.4) is 0 Å². The number of aliphatic hydroxyl groups is 1. The molecule has 0 saturated carbocycles. The molecule has 1 aromatic carbocycles. The Hall–Kier alpha value is -2.93. The predicted octanol–water partition coefficient (Wildman–Crippen LogP) is 2.67. The van der Waals surface area contributed by atoms with Crippen LogP contribution in [0, 0.1) is 12.8 Å². The third kappa shape index (κ3) is 4.24. The van der Waals surface area contributed by atoms with E-state index >= 15 is 0 Å². The van der Waals surface area contributed by atoms with Crippen molar-refractivity contribution < 1.29 is 14.7 Å². The molecule has 1 unspecified atom stereocenters. The van der Waals surface area contributed by atoms with E-state index in [4.69, 9.17) is 0 Å². The molecule has 4 N–H and O–H groups in total. The molecule has 0 saturated heterocycles. The smallest absolute Gasteiger partial charge is 0.270 e. The number of hydrogen-bond acceptors (Lipinski definition) is 4. The molecule has 0 fully saturated rings. The number of pyridine rings is 1. The quantitative estimate of drug-likeness (QED) is 0.492. The highest BCUT2D eigenvalue weighted by Crippen LogP contribution is 2.27. The van der Waals surface area contributed by atoms with Gasteiger partial charge in [-0.15, -0.1) is 0 Å². The lowest BCUT2D eigenvalue weighted by molar-refractivity contribution is -0.124. The van der Waals surface area contributed by atoms with Crippen LogP contribution in [0.25, 0.3) is 21.8 Å². The summed E-state index contributed by atoms with van der Waals surface area (Å²) in [6.45, 7) is 7.30. The van der Waals surface area contributed by atoms with Gasteiger partial charge in [-0.1, -0.05) is 38.5 Å². The normalized spacial score (nSPS) is 14.5. The lowest BCUT2D eigenvalue weighted by Crippen LogP contribution is -2.50. The zero-order valence-electron chi connectivity index (χ0n) is 17.2. The van der Waals surface area contributed by atoms with E-state index in [0.29, 0.717) is 0 Å². The van der Waals surface area contributed by atoms with Gasteiger partial charge in [0.05, 0.1) is 23.9 Å². The summed E-state index contributed by atoms with van der Waals surface area (Å²) >= 11 is 0. The average molecular weight is 396 g/mol. The van der Waals surface area contributed by atoms with Crippen LogP contribution in [0.1, 0.15) is 43.4 Å². The van der Waals surface area contributed by atoms with Crippen LogP contribution in [-0.4, -0.2) is 45.6 Å². The number of fused-ring (bicyclic) bond motifs is 3. The average Bonchev–Trinajstić information content (AvgIpc) is 3.10. The molecule has 2 aromatic heterocycles. The number of carbonyl (C=O) groups is 2. The number of aromatic nitrogens is 2. The van der Waals surface area contributed by atoms with Gasteiger partial charge in [-0.3, -0.25) is 9.59 Å². The topological polar surface area (TPSA) is 107 Å². The van der Waals surface area contributed by atoms with Crippen LogP contribution >= 0.6 is 0 Å².